The van der Waals surface area contributed by atoms with Gasteiger partial charge in [-0.1, -0.05) is 17.7 Å². The second kappa shape index (κ2) is 10.3. The molecule has 1 aliphatic carbocycles. The van der Waals surface area contributed by atoms with Gasteiger partial charge in [-0.05, 0) is 79.3 Å². The highest BCUT2D eigenvalue weighted by atomic mass is 35.5. The molecule has 0 amide bonds. The first-order valence-corrected chi connectivity index (χ1v) is 11.2. The van der Waals surface area contributed by atoms with Gasteiger partial charge in [-0.2, -0.15) is 0 Å². The Morgan fingerprint density at radius 3 is 2.53 bits per heavy atom. The highest BCUT2D eigenvalue weighted by Crippen LogP contribution is 2.43. The number of halogens is 4. The topological polar surface area (TPSA) is 48.4 Å². The van der Waals surface area contributed by atoms with Gasteiger partial charge in [0.15, 0.2) is 0 Å². The summed E-state index contributed by atoms with van der Waals surface area (Å²) in [6.45, 7) is 1.49. The molecule has 4 rings (SSSR count). The molecule has 1 aliphatic rings. The van der Waals surface area contributed by atoms with E-state index in [0.717, 1.165) is 35.8 Å². The van der Waals surface area contributed by atoms with Crippen LogP contribution in [0.3, 0.4) is 0 Å². The van der Waals surface area contributed by atoms with Crippen LogP contribution in [0.25, 0.3) is 11.1 Å². The van der Waals surface area contributed by atoms with E-state index in [1.165, 1.54) is 18.3 Å². The van der Waals surface area contributed by atoms with Gasteiger partial charge in [0.25, 0.3) is 0 Å². The number of rotatable bonds is 7. The van der Waals surface area contributed by atoms with Crippen LogP contribution in [0.2, 0.25) is 5.02 Å². The first kappa shape index (κ1) is 23.8. The van der Waals surface area contributed by atoms with E-state index in [-0.39, 0.29) is 30.2 Å². The van der Waals surface area contributed by atoms with Crippen molar-refractivity contribution in [3.63, 3.8) is 0 Å². The summed E-state index contributed by atoms with van der Waals surface area (Å²) in [4.78, 5) is 16.4. The van der Waals surface area contributed by atoms with E-state index < -0.39 is 23.4 Å². The predicted molar refractivity (Wildman–Crippen MR) is 123 cm³/mol. The lowest BCUT2D eigenvalue weighted by molar-refractivity contribution is 0.0525. The minimum atomic E-state index is -0.720. The molecule has 0 saturated carbocycles. The summed E-state index contributed by atoms with van der Waals surface area (Å²) in [6, 6.07) is 9.33. The largest absolute Gasteiger partial charge is 0.472 e. The van der Waals surface area contributed by atoms with Gasteiger partial charge in [-0.3, -0.25) is 0 Å². The molecule has 0 fully saturated rings. The Kier molecular flexibility index (Phi) is 7.22. The molecule has 8 heteroatoms. The standard InChI is InChI=1S/C26H21ClF3NO3/c1-2-33-26(32)16-9-15(10-18(28)11-16)19-5-3-6-20(19)21-12-17(27)13-31-25(21)34-14-22-23(29)7-4-8-24(22)30/h4,7-13H,2-3,5-6,14H2,1H3. The number of ether oxygens (including phenoxy) is 2. The lowest BCUT2D eigenvalue weighted by atomic mass is 9.96. The average molecular weight is 488 g/mol. The zero-order valence-electron chi connectivity index (χ0n) is 18.3. The molecule has 3 aromatic rings. The van der Waals surface area contributed by atoms with Crippen molar-refractivity contribution in [2.45, 2.75) is 32.8 Å². The molecule has 0 radical (unpaired) electrons. The van der Waals surface area contributed by atoms with Crippen molar-refractivity contribution >= 4 is 28.7 Å². The van der Waals surface area contributed by atoms with Gasteiger partial charge in [0, 0.05) is 11.8 Å². The second-order valence-electron chi connectivity index (χ2n) is 7.75. The molecule has 0 aliphatic heterocycles. The summed E-state index contributed by atoms with van der Waals surface area (Å²) in [5.41, 5.74) is 2.64. The molecule has 0 saturated heterocycles. The van der Waals surface area contributed by atoms with Crippen molar-refractivity contribution in [2.24, 2.45) is 0 Å². The lowest BCUT2D eigenvalue weighted by Gasteiger charge is -2.15. The number of aromatic nitrogens is 1. The van der Waals surface area contributed by atoms with E-state index >= 15 is 0 Å². The Morgan fingerprint density at radius 1 is 1.06 bits per heavy atom. The van der Waals surface area contributed by atoms with Crippen LogP contribution in [0.1, 0.15) is 53.2 Å². The molecular formula is C26H21ClF3NO3. The van der Waals surface area contributed by atoms with E-state index in [1.807, 2.05) is 0 Å². The number of esters is 1. The Labute approximate surface area is 200 Å². The minimum absolute atomic E-state index is 0.117. The van der Waals surface area contributed by atoms with Crippen LogP contribution >= 0.6 is 11.6 Å². The number of carbonyl (C=O) groups is 1. The maximum Gasteiger partial charge on any atom is 0.338 e. The molecule has 0 N–H and O–H groups in total. The summed E-state index contributed by atoms with van der Waals surface area (Å²) in [6.07, 6.45) is 3.43. The van der Waals surface area contributed by atoms with Gasteiger partial charge in [-0.25, -0.2) is 22.9 Å². The molecule has 1 heterocycles. The molecule has 2 aromatic carbocycles. The monoisotopic (exact) mass is 487 g/mol. The third-order valence-electron chi connectivity index (χ3n) is 5.53. The van der Waals surface area contributed by atoms with Crippen molar-refractivity contribution < 1.29 is 27.4 Å². The molecule has 0 bridgehead atoms. The highest BCUT2D eigenvalue weighted by Gasteiger charge is 2.24. The number of benzene rings is 2. The summed E-state index contributed by atoms with van der Waals surface area (Å²) >= 11 is 6.20. The number of allylic oxidation sites excluding steroid dienone is 2. The number of carbonyl (C=O) groups excluding carboxylic acids is 1. The van der Waals surface area contributed by atoms with Gasteiger partial charge in [0.2, 0.25) is 5.88 Å². The molecule has 4 nitrogen and oxygen atoms in total. The Bertz CT molecular complexity index is 1260. The van der Waals surface area contributed by atoms with Gasteiger partial charge >= 0.3 is 5.97 Å². The predicted octanol–water partition coefficient (Wildman–Crippen LogP) is 7.00. The first-order valence-electron chi connectivity index (χ1n) is 10.8. The van der Waals surface area contributed by atoms with E-state index in [0.29, 0.717) is 29.0 Å². The molecule has 0 unspecified atom stereocenters. The van der Waals surface area contributed by atoms with Crippen LogP contribution in [-0.4, -0.2) is 17.6 Å². The third kappa shape index (κ3) is 5.09. The molecule has 0 atom stereocenters. The van der Waals surface area contributed by atoms with Gasteiger partial charge in [-0.15, -0.1) is 0 Å². The summed E-state index contributed by atoms with van der Waals surface area (Å²) in [7, 11) is 0. The van der Waals surface area contributed by atoms with Gasteiger partial charge in [0.05, 0.1) is 22.8 Å². The summed E-state index contributed by atoms with van der Waals surface area (Å²) in [5, 5.41) is 0.352. The average Bonchev–Trinajstić information content (AvgIpc) is 3.29. The van der Waals surface area contributed by atoms with Crippen molar-refractivity contribution in [1.82, 2.24) is 4.98 Å². The third-order valence-corrected chi connectivity index (χ3v) is 5.74. The van der Waals surface area contributed by atoms with Crippen molar-refractivity contribution in [2.75, 3.05) is 6.61 Å². The molecular weight excluding hydrogens is 467 g/mol. The Morgan fingerprint density at radius 2 is 1.79 bits per heavy atom. The summed E-state index contributed by atoms with van der Waals surface area (Å²) < 4.78 is 53.2. The number of hydrogen-bond acceptors (Lipinski definition) is 4. The van der Waals surface area contributed by atoms with Crippen molar-refractivity contribution in [1.29, 1.82) is 0 Å². The SMILES string of the molecule is CCOC(=O)c1cc(F)cc(C2=C(c3cc(Cl)cnc3OCc3c(F)cccc3F)CCC2)c1. The van der Waals surface area contributed by atoms with Gasteiger partial charge in [0.1, 0.15) is 24.1 Å². The Balaban J connectivity index is 1.74. The van der Waals surface area contributed by atoms with Crippen LogP contribution in [0.15, 0.2) is 48.7 Å². The molecule has 34 heavy (non-hydrogen) atoms. The number of nitrogens with zero attached hydrogens (tertiary/aromatic N) is 1. The fraction of sp³-hybridized carbons (Fsp3) is 0.231. The van der Waals surface area contributed by atoms with E-state index in [4.69, 9.17) is 21.1 Å². The zero-order chi connectivity index (χ0) is 24.2. The first-order chi connectivity index (χ1) is 16.4. The molecule has 0 spiro atoms. The Hall–Kier alpha value is -3.32. The number of hydrogen-bond donors (Lipinski definition) is 0. The summed E-state index contributed by atoms with van der Waals surface area (Å²) in [5.74, 6) is -2.45. The van der Waals surface area contributed by atoms with Crippen LogP contribution in [0, 0.1) is 17.5 Å². The minimum Gasteiger partial charge on any atom is -0.472 e. The van der Waals surface area contributed by atoms with Crippen molar-refractivity contribution in [3.8, 4) is 5.88 Å². The highest BCUT2D eigenvalue weighted by molar-refractivity contribution is 6.30. The van der Waals surface area contributed by atoms with E-state index in [1.54, 1.807) is 19.1 Å². The molecule has 1 aromatic heterocycles. The maximum absolute atomic E-state index is 14.4. The fourth-order valence-corrected chi connectivity index (χ4v) is 4.18. The van der Waals surface area contributed by atoms with E-state index in [9.17, 15) is 18.0 Å². The van der Waals surface area contributed by atoms with Gasteiger partial charge < -0.3 is 9.47 Å². The quantitative estimate of drug-likeness (QED) is 0.336. The van der Waals surface area contributed by atoms with Crippen LogP contribution in [0.5, 0.6) is 5.88 Å². The zero-order valence-corrected chi connectivity index (χ0v) is 19.1. The van der Waals surface area contributed by atoms with E-state index in [2.05, 4.69) is 4.98 Å². The van der Waals surface area contributed by atoms with Crippen molar-refractivity contribution in [3.05, 3.63) is 93.4 Å². The maximum atomic E-state index is 14.4. The van der Waals surface area contributed by atoms with Crippen LogP contribution < -0.4 is 4.74 Å². The van der Waals surface area contributed by atoms with Crippen LogP contribution in [-0.2, 0) is 11.3 Å². The lowest BCUT2D eigenvalue weighted by Crippen LogP contribution is -2.06. The molecule has 176 valence electrons. The smallest absolute Gasteiger partial charge is 0.338 e. The normalized spacial score (nSPS) is 13.3. The fourth-order valence-electron chi connectivity index (χ4n) is 4.02. The van der Waals surface area contributed by atoms with Crippen LogP contribution in [0.4, 0.5) is 13.2 Å². The number of pyridine rings is 1. The second-order valence-corrected chi connectivity index (χ2v) is 8.19.